The average molecular weight is 436 g/mol. The zero-order valence-electron chi connectivity index (χ0n) is 16.6. The van der Waals surface area contributed by atoms with Crippen LogP contribution in [-0.4, -0.2) is 42.6 Å². The summed E-state index contributed by atoms with van der Waals surface area (Å²) in [5.74, 6) is 0.275. The van der Waals surface area contributed by atoms with Crippen molar-refractivity contribution in [2.24, 2.45) is 5.92 Å². The van der Waals surface area contributed by atoms with Crippen molar-refractivity contribution in [2.45, 2.75) is 31.8 Å². The molecule has 1 fully saturated rings. The number of likely N-dealkylation sites (tertiary alicyclic amines) is 1. The maximum Gasteiger partial charge on any atom is 0.222 e. The van der Waals surface area contributed by atoms with Crippen LogP contribution in [0.1, 0.15) is 36.6 Å². The highest BCUT2D eigenvalue weighted by Crippen LogP contribution is 2.30. The van der Waals surface area contributed by atoms with Crippen molar-refractivity contribution < 1.29 is 9.53 Å². The van der Waals surface area contributed by atoms with Crippen LogP contribution < -0.4 is 5.32 Å². The molecular formula is C22H27Cl2N3O2. The second kappa shape index (κ2) is 10.9. The van der Waals surface area contributed by atoms with Gasteiger partial charge in [0.1, 0.15) is 0 Å². The maximum atomic E-state index is 12.4. The van der Waals surface area contributed by atoms with Crippen LogP contribution in [0, 0.1) is 5.92 Å². The number of benzene rings is 1. The number of ether oxygens (including phenoxy) is 1. The lowest BCUT2D eigenvalue weighted by Crippen LogP contribution is -2.43. The van der Waals surface area contributed by atoms with E-state index in [1.165, 1.54) is 0 Å². The normalized spacial score (nSPS) is 18.4. The molecule has 1 aromatic heterocycles. The highest BCUT2D eigenvalue weighted by molar-refractivity contribution is 6.42. The van der Waals surface area contributed by atoms with E-state index in [2.05, 4.69) is 15.2 Å². The van der Waals surface area contributed by atoms with Crippen LogP contribution >= 0.6 is 23.2 Å². The molecule has 1 saturated heterocycles. The summed E-state index contributed by atoms with van der Waals surface area (Å²) in [5.41, 5.74) is 2.04. The van der Waals surface area contributed by atoms with Gasteiger partial charge in [-0.25, -0.2) is 0 Å². The molecule has 5 nitrogen and oxygen atoms in total. The summed E-state index contributed by atoms with van der Waals surface area (Å²) in [6, 6.07) is 11.5. The zero-order chi connectivity index (χ0) is 20.6. The van der Waals surface area contributed by atoms with E-state index in [1.807, 2.05) is 36.4 Å². The van der Waals surface area contributed by atoms with Crippen molar-refractivity contribution in [3.05, 3.63) is 63.9 Å². The van der Waals surface area contributed by atoms with Gasteiger partial charge in [-0.05, 0) is 55.1 Å². The standard InChI is InChI=1S/C22H27Cl2N3O2/c1-29-12-9-21(28)26-22(20-6-2-3-10-25-20)17-5-4-11-27(15-17)14-16-7-8-18(23)19(24)13-16/h2-3,6-8,10,13,17,22H,4-5,9,11-12,14-15H2,1H3,(H,26,28). The minimum atomic E-state index is -0.114. The van der Waals surface area contributed by atoms with Crippen molar-refractivity contribution in [3.8, 4) is 0 Å². The summed E-state index contributed by atoms with van der Waals surface area (Å²) >= 11 is 12.2. The largest absolute Gasteiger partial charge is 0.384 e. The Morgan fingerprint density at radius 1 is 1.31 bits per heavy atom. The number of hydrogen-bond acceptors (Lipinski definition) is 4. The first-order chi connectivity index (χ1) is 14.1. The molecule has 3 rings (SSSR count). The van der Waals surface area contributed by atoms with E-state index in [0.717, 1.165) is 43.7 Å². The molecule has 0 aliphatic carbocycles. The molecule has 29 heavy (non-hydrogen) atoms. The third-order valence-corrected chi connectivity index (χ3v) is 6.00. The van der Waals surface area contributed by atoms with Crippen LogP contribution in [0.4, 0.5) is 0 Å². The predicted molar refractivity (Wildman–Crippen MR) is 116 cm³/mol. The van der Waals surface area contributed by atoms with Gasteiger partial charge in [-0.15, -0.1) is 0 Å². The molecule has 7 heteroatoms. The molecule has 2 atom stereocenters. The quantitative estimate of drug-likeness (QED) is 0.663. The maximum absolute atomic E-state index is 12.4. The molecule has 156 valence electrons. The van der Waals surface area contributed by atoms with Crippen molar-refractivity contribution in [3.63, 3.8) is 0 Å². The minimum absolute atomic E-state index is 0.0101. The Balaban J connectivity index is 1.71. The van der Waals surface area contributed by atoms with Crippen molar-refractivity contribution in [1.82, 2.24) is 15.2 Å². The van der Waals surface area contributed by atoms with Crippen LogP contribution in [0.25, 0.3) is 0 Å². The molecule has 1 amide bonds. The molecule has 0 spiro atoms. The number of amides is 1. The van der Waals surface area contributed by atoms with Gasteiger partial charge in [-0.3, -0.25) is 14.7 Å². The lowest BCUT2D eigenvalue weighted by Gasteiger charge is -2.37. The van der Waals surface area contributed by atoms with Gasteiger partial charge >= 0.3 is 0 Å². The number of halogens is 2. The van der Waals surface area contributed by atoms with Gasteiger partial charge in [-0.2, -0.15) is 0 Å². The van der Waals surface area contributed by atoms with Crippen LogP contribution in [0.5, 0.6) is 0 Å². The molecule has 1 aliphatic rings. The Hall–Kier alpha value is -1.66. The number of piperidine rings is 1. The molecule has 1 aromatic carbocycles. The third kappa shape index (κ3) is 6.41. The highest BCUT2D eigenvalue weighted by atomic mass is 35.5. The fraction of sp³-hybridized carbons (Fsp3) is 0.455. The molecule has 0 saturated carbocycles. The van der Waals surface area contributed by atoms with Gasteiger partial charge < -0.3 is 10.1 Å². The van der Waals surface area contributed by atoms with Gasteiger partial charge in [0, 0.05) is 32.8 Å². The number of pyridine rings is 1. The van der Waals surface area contributed by atoms with E-state index in [-0.39, 0.29) is 17.9 Å². The summed E-state index contributed by atoms with van der Waals surface area (Å²) in [5, 5.41) is 4.34. The Morgan fingerprint density at radius 3 is 2.90 bits per heavy atom. The fourth-order valence-corrected chi connectivity index (χ4v) is 4.16. The minimum Gasteiger partial charge on any atom is -0.384 e. The lowest BCUT2D eigenvalue weighted by atomic mass is 9.88. The van der Waals surface area contributed by atoms with Crippen LogP contribution in [0.15, 0.2) is 42.6 Å². The van der Waals surface area contributed by atoms with Crippen molar-refractivity contribution >= 4 is 29.1 Å². The van der Waals surface area contributed by atoms with Gasteiger partial charge in [0.2, 0.25) is 5.91 Å². The monoisotopic (exact) mass is 435 g/mol. The third-order valence-electron chi connectivity index (χ3n) is 5.26. The Kier molecular flexibility index (Phi) is 8.30. The summed E-state index contributed by atoms with van der Waals surface area (Å²) in [6.45, 7) is 3.12. The van der Waals surface area contributed by atoms with Crippen molar-refractivity contribution in [1.29, 1.82) is 0 Å². The molecule has 1 aliphatic heterocycles. The number of aromatic nitrogens is 1. The molecule has 0 bridgehead atoms. The predicted octanol–water partition coefficient (Wildman–Crippen LogP) is 4.49. The molecule has 1 N–H and O–H groups in total. The second-order valence-electron chi connectivity index (χ2n) is 7.43. The van der Waals surface area contributed by atoms with Gasteiger partial charge in [0.25, 0.3) is 0 Å². The number of methoxy groups -OCH3 is 1. The number of rotatable bonds is 8. The first kappa shape index (κ1) is 22.0. The van der Waals surface area contributed by atoms with E-state index < -0.39 is 0 Å². The topological polar surface area (TPSA) is 54.5 Å². The lowest BCUT2D eigenvalue weighted by molar-refractivity contribution is -0.123. The Labute approximate surface area is 182 Å². The Morgan fingerprint density at radius 2 is 2.17 bits per heavy atom. The second-order valence-corrected chi connectivity index (χ2v) is 8.24. The molecule has 2 heterocycles. The van der Waals surface area contributed by atoms with E-state index in [4.69, 9.17) is 27.9 Å². The summed E-state index contributed by atoms with van der Waals surface area (Å²) in [4.78, 5) is 19.3. The smallest absolute Gasteiger partial charge is 0.222 e. The number of hydrogen-bond donors (Lipinski definition) is 1. The molecule has 2 aromatic rings. The SMILES string of the molecule is COCCC(=O)NC(c1ccccn1)C1CCCN(Cc2ccc(Cl)c(Cl)c2)C1. The number of carbonyl (C=O) groups excluding carboxylic acids is 1. The number of nitrogens with zero attached hydrogens (tertiary/aromatic N) is 2. The first-order valence-corrected chi connectivity index (χ1v) is 10.7. The Bertz CT molecular complexity index is 804. The van der Waals surface area contributed by atoms with E-state index in [1.54, 1.807) is 13.3 Å². The highest BCUT2D eigenvalue weighted by Gasteiger charge is 2.30. The molecule has 2 unspecified atom stereocenters. The average Bonchev–Trinajstić information content (AvgIpc) is 2.74. The summed E-state index contributed by atoms with van der Waals surface area (Å²) < 4.78 is 5.04. The van der Waals surface area contributed by atoms with Crippen molar-refractivity contribution in [2.75, 3.05) is 26.8 Å². The van der Waals surface area contributed by atoms with E-state index in [9.17, 15) is 4.79 Å². The molecule has 0 radical (unpaired) electrons. The fourth-order valence-electron chi connectivity index (χ4n) is 3.84. The van der Waals surface area contributed by atoms with E-state index >= 15 is 0 Å². The zero-order valence-corrected chi connectivity index (χ0v) is 18.1. The number of carbonyl (C=O) groups is 1. The van der Waals surface area contributed by atoms with Crippen LogP contribution in [-0.2, 0) is 16.1 Å². The number of nitrogens with one attached hydrogen (secondary N) is 1. The van der Waals surface area contributed by atoms with Gasteiger partial charge in [0.05, 0.1) is 28.4 Å². The van der Waals surface area contributed by atoms with Crippen LogP contribution in [0.3, 0.4) is 0 Å². The first-order valence-electron chi connectivity index (χ1n) is 9.92. The summed E-state index contributed by atoms with van der Waals surface area (Å²) in [7, 11) is 1.60. The van der Waals surface area contributed by atoms with Crippen LogP contribution in [0.2, 0.25) is 10.0 Å². The van der Waals surface area contributed by atoms with E-state index in [0.29, 0.717) is 23.1 Å². The summed E-state index contributed by atoms with van der Waals surface area (Å²) in [6.07, 6.45) is 4.24. The van der Waals surface area contributed by atoms with Gasteiger partial charge in [0.15, 0.2) is 0 Å². The van der Waals surface area contributed by atoms with Gasteiger partial charge in [-0.1, -0.05) is 35.3 Å². The molecular weight excluding hydrogens is 409 g/mol.